The van der Waals surface area contributed by atoms with Crippen LogP contribution in [0, 0.1) is 0 Å². The van der Waals surface area contributed by atoms with Crippen molar-refractivity contribution in [3.63, 3.8) is 0 Å². The Bertz CT molecular complexity index is 359. The third-order valence-corrected chi connectivity index (χ3v) is 3.91. The lowest BCUT2D eigenvalue weighted by Gasteiger charge is -2.24. The van der Waals surface area contributed by atoms with Crippen LogP contribution in [0.25, 0.3) is 0 Å². The summed E-state index contributed by atoms with van der Waals surface area (Å²) in [6, 6.07) is 0. The first kappa shape index (κ1) is 10.3. The molecule has 1 heterocycles. The third kappa shape index (κ3) is 1.86. The van der Waals surface area contributed by atoms with Crippen LogP contribution in [0.15, 0.2) is 0 Å². The molecule has 3 rings (SSSR count). The molecule has 1 aromatic heterocycles. The summed E-state index contributed by atoms with van der Waals surface area (Å²) in [5.41, 5.74) is 6.21. The van der Waals surface area contributed by atoms with Crippen LogP contribution >= 0.6 is 0 Å². The van der Waals surface area contributed by atoms with Crippen LogP contribution in [-0.2, 0) is 5.54 Å². The fraction of sp³-hybridized carbons (Fsp3) is 0.833. The van der Waals surface area contributed by atoms with Gasteiger partial charge in [-0.1, -0.05) is 25.7 Å². The molecule has 2 aliphatic carbocycles. The smallest absolute Gasteiger partial charge is 0.170 e. The number of H-pyrrole nitrogens is 1. The van der Waals surface area contributed by atoms with Crippen LogP contribution < -0.4 is 5.73 Å². The molecule has 16 heavy (non-hydrogen) atoms. The van der Waals surface area contributed by atoms with E-state index in [4.69, 9.17) is 5.73 Å². The van der Waals surface area contributed by atoms with Crippen molar-refractivity contribution in [2.45, 2.75) is 62.8 Å². The van der Waals surface area contributed by atoms with Gasteiger partial charge in [0.2, 0.25) is 0 Å². The van der Waals surface area contributed by atoms with Gasteiger partial charge in [0, 0.05) is 5.92 Å². The maximum absolute atomic E-state index is 6.47. The number of hydrogen-bond acceptors (Lipinski definition) is 3. The van der Waals surface area contributed by atoms with E-state index >= 15 is 0 Å². The van der Waals surface area contributed by atoms with Crippen LogP contribution in [-0.4, -0.2) is 15.2 Å². The highest BCUT2D eigenvalue weighted by atomic mass is 15.2. The van der Waals surface area contributed by atoms with Crippen LogP contribution in [0.3, 0.4) is 0 Å². The highest BCUT2D eigenvalue weighted by molar-refractivity contribution is 5.11. The first-order valence-corrected chi connectivity index (χ1v) is 6.50. The van der Waals surface area contributed by atoms with Gasteiger partial charge in [-0.3, -0.25) is 5.10 Å². The first-order valence-electron chi connectivity index (χ1n) is 6.50. The number of hydrogen-bond donors (Lipinski definition) is 2. The molecule has 4 heteroatoms. The van der Waals surface area contributed by atoms with Gasteiger partial charge >= 0.3 is 0 Å². The fourth-order valence-electron chi connectivity index (χ4n) is 2.62. The number of nitrogens with zero attached hydrogens (tertiary/aromatic N) is 2. The van der Waals surface area contributed by atoms with Crippen molar-refractivity contribution in [2.75, 3.05) is 0 Å². The van der Waals surface area contributed by atoms with Crippen molar-refractivity contribution in [1.29, 1.82) is 0 Å². The number of aromatic nitrogens is 3. The second kappa shape index (κ2) is 3.84. The quantitative estimate of drug-likeness (QED) is 0.751. The normalized spacial score (nSPS) is 25.3. The summed E-state index contributed by atoms with van der Waals surface area (Å²) in [5, 5.41) is 7.42. The van der Waals surface area contributed by atoms with Gasteiger partial charge in [-0.25, -0.2) is 4.98 Å². The second-order valence-electron chi connectivity index (χ2n) is 5.39. The predicted molar refractivity (Wildman–Crippen MR) is 61.9 cm³/mol. The topological polar surface area (TPSA) is 67.6 Å². The highest BCUT2D eigenvalue weighted by Gasteiger charge is 2.34. The van der Waals surface area contributed by atoms with E-state index in [2.05, 4.69) is 15.2 Å². The average molecular weight is 220 g/mol. The van der Waals surface area contributed by atoms with Crippen LogP contribution in [0.1, 0.15) is 68.9 Å². The Balaban J connectivity index is 1.81. The van der Waals surface area contributed by atoms with Crippen molar-refractivity contribution in [3.05, 3.63) is 11.6 Å². The Labute approximate surface area is 96.0 Å². The largest absolute Gasteiger partial charge is 0.319 e. The molecule has 0 aromatic carbocycles. The van der Waals surface area contributed by atoms with E-state index in [1.54, 1.807) is 0 Å². The number of rotatable bonds is 2. The minimum atomic E-state index is -0.264. The second-order valence-corrected chi connectivity index (χ2v) is 5.39. The van der Waals surface area contributed by atoms with Gasteiger partial charge in [0.1, 0.15) is 5.82 Å². The molecule has 0 saturated heterocycles. The Morgan fingerprint density at radius 3 is 2.44 bits per heavy atom. The summed E-state index contributed by atoms with van der Waals surface area (Å²) in [5.74, 6) is 2.55. The SMILES string of the molecule is NC1(c2n[nH]c(C3CC3)n2)CCCCCC1. The lowest BCUT2D eigenvalue weighted by molar-refractivity contribution is 0.363. The molecule has 0 amide bonds. The lowest BCUT2D eigenvalue weighted by Crippen LogP contribution is -2.37. The Morgan fingerprint density at radius 1 is 1.12 bits per heavy atom. The van der Waals surface area contributed by atoms with Gasteiger partial charge in [-0.05, 0) is 25.7 Å². The van der Waals surface area contributed by atoms with E-state index < -0.39 is 0 Å². The minimum absolute atomic E-state index is 0.264. The predicted octanol–water partition coefficient (Wildman–Crippen LogP) is 2.19. The summed E-state index contributed by atoms with van der Waals surface area (Å²) < 4.78 is 0. The monoisotopic (exact) mass is 220 g/mol. The number of aromatic amines is 1. The molecule has 2 saturated carbocycles. The summed E-state index contributed by atoms with van der Waals surface area (Å²) in [6.07, 6.45) is 9.62. The van der Waals surface area contributed by atoms with Gasteiger partial charge in [0.25, 0.3) is 0 Å². The zero-order valence-electron chi connectivity index (χ0n) is 9.71. The summed E-state index contributed by atoms with van der Waals surface area (Å²) in [7, 11) is 0. The zero-order chi connectivity index (χ0) is 11.0. The van der Waals surface area contributed by atoms with Gasteiger partial charge in [0.05, 0.1) is 5.54 Å². The number of nitrogens with one attached hydrogen (secondary N) is 1. The average Bonchev–Trinajstić information content (AvgIpc) is 3.05. The molecule has 88 valence electrons. The van der Waals surface area contributed by atoms with Crippen LogP contribution in [0.5, 0.6) is 0 Å². The van der Waals surface area contributed by atoms with Gasteiger partial charge in [-0.2, -0.15) is 5.10 Å². The maximum Gasteiger partial charge on any atom is 0.170 e. The number of nitrogens with two attached hydrogens (primary N) is 1. The van der Waals surface area contributed by atoms with Crippen molar-refractivity contribution >= 4 is 0 Å². The molecular formula is C12H20N4. The zero-order valence-corrected chi connectivity index (χ0v) is 9.71. The molecular weight excluding hydrogens is 200 g/mol. The Morgan fingerprint density at radius 2 is 1.81 bits per heavy atom. The Hall–Kier alpha value is -0.900. The van der Waals surface area contributed by atoms with E-state index in [0.29, 0.717) is 5.92 Å². The summed E-state index contributed by atoms with van der Waals surface area (Å²) >= 11 is 0. The molecule has 2 aliphatic rings. The van der Waals surface area contributed by atoms with Crippen LogP contribution in [0.2, 0.25) is 0 Å². The van der Waals surface area contributed by atoms with Gasteiger partial charge in [-0.15, -0.1) is 0 Å². The van der Waals surface area contributed by atoms with Gasteiger partial charge in [0.15, 0.2) is 5.82 Å². The molecule has 0 bridgehead atoms. The molecule has 0 unspecified atom stereocenters. The van der Waals surface area contributed by atoms with Crippen molar-refractivity contribution < 1.29 is 0 Å². The molecule has 0 radical (unpaired) electrons. The maximum atomic E-state index is 6.47. The standard InChI is InChI=1S/C12H20N4/c13-12(7-3-1-2-4-8-12)11-14-10(15-16-11)9-5-6-9/h9H,1-8,13H2,(H,14,15,16). The highest BCUT2D eigenvalue weighted by Crippen LogP contribution is 2.39. The molecule has 0 spiro atoms. The van der Waals surface area contributed by atoms with Crippen molar-refractivity contribution in [1.82, 2.24) is 15.2 Å². The molecule has 3 N–H and O–H groups in total. The van der Waals surface area contributed by atoms with E-state index in [1.165, 1.54) is 38.5 Å². The van der Waals surface area contributed by atoms with E-state index in [-0.39, 0.29) is 5.54 Å². The summed E-state index contributed by atoms with van der Waals surface area (Å²) in [4.78, 5) is 4.62. The Kier molecular flexibility index (Phi) is 2.46. The lowest BCUT2D eigenvalue weighted by atomic mass is 9.91. The van der Waals surface area contributed by atoms with Crippen molar-refractivity contribution in [2.24, 2.45) is 5.73 Å². The van der Waals surface area contributed by atoms with E-state index in [1.807, 2.05) is 0 Å². The molecule has 2 fully saturated rings. The molecule has 0 atom stereocenters. The van der Waals surface area contributed by atoms with E-state index in [0.717, 1.165) is 24.5 Å². The molecule has 1 aromatic rings. The minimum Gasteiger partial charge on any atom is -0.319 e. The molecule has 4 nitrogen and oxygen atoms in total. The third-order valence-electron chi connectivity index (χ3n) is 3.91. The fourth-order valence-corrected chi connectivity index (χ4v) is 2.62. The molecule has 0 aliphatic heterocycles. The van der Waals surface area contributed by atoms with Crippen molar-refractivity contribution in [3.8, 4) is 0 Å². The van der Waals surface area contributed by atoms with Gasteiger partial charge < -0.3 is 5.73 Å². The van der Waals surface area contributed by atoms with E-state index in [9.17, 15) is 0 Å². The summed E-state index contributed by atoms with van der Waals surface area (Å²) in [6.45, 7) is 0. The van der Waals surface area contributed by atoms with Crippen LogP contribution in [0.4, 0.5) is 0 Å². The first-order chi connectivity index (χ1) is 7.78.